The lowest BCUT2D eigenvalue weighted by molar-refractivity contribution is -0.111. The molecule has 0 radical (unpaired) electrons. The van der Waals surface area contributed by atoms with Gasteiger partial charge in [0.15, 0.2) is 0 Å². The number of para-hydroxylation sites is 3. The number of fused-ring (bicyclic) bond motifs is 1. The van der Waals surface area contributed by atoms with Crippen molar-refractivity contribution in [2.24, 2.45) is 0 Å². The number of carbonyl (C=O) groups excluding carboxylic acids is 1. The van der Waals surface area contributed by atoms with Crippen molar-refractivity contribution < 1.29 is 4.79 Å². The molecule has 0 fully saturated rings. The summed E-state index contributed by atoms with van der Waals surface area (Å²) in [5, 5.41) is 8.51. The fourth-order valence-corrected chi connectivity index (χ4v) is 3.24. The van der Waals surface area contributed by atoms with E-state index in [-0.39, 0.29) is 5.91 Å². The highest BCUT2D eigenvalue weighted by atomic mass is 16.1. The second-order valence-electron chi connectivity index (χ2n) is 6.60. The van der Waals surface area contributed by atoms with Gasteiger partial charge in [0.25, 0.3) is 0 Å². The molecule has 4 rings (SSSR count). The maximum Gasteiger partial charge on any atom is 0.248 e. The van der Waals surface area contributed by atoms with Crippen LogP contribution in [0.2, 0.25) is 0 Å². The standard InChI is InChI=1S/C23H20N4O/c1-16-15-17(2)27(26-16)21-11-4-3-10-20(21)25-22(28)13-12-19-8-5-7-18-9-6-14-24-23(18)19/h3-15H,1-2H3,(H,25,28)/b13-12+. The number of hydrogen-bond acceptors (Lipinski definition) is 3. The molecule has 5 nitrogen and oxygen atoms in total. The van der Waals surface area contributed by atoms with E-state index in [0.29, 0.717) is 5.69 Å². The second kappa shape index (κ2) is 7.48. The van der Waals surface area contributed by atoms with Crippen LogP contribution in [0.5, 0.6) is 0 Å². The Morgan fingerprint density at radius 3 is 2.68 bits per heavy atom. The summed E-state index contributed by atoms with van der Waals surface area (Å²) in [6, 6.07) is 19.5. The Kier molecular flexibility index (Phi) is 4.72. The van der Waals surface area contributed by atoms with Crippen LogP contribution >= 0.6 is 0 Å². The highest BCUT2D eigenvalue weighted by Gasteiger charge is 2.10. The first kappa shape index (κ1) is 17.7. The minimum atomic E-state index is -0.207. The van der Waals surface area contributed by atoms with Crippen LogP contribution in [0, 0.1) is 13.8 Å². The van der Waals surface area contributed by atoms with E-state index >= 15 is 0 Å². The quantitative estimate of drug-likeness (QED) is 0.532. The summed E-state index contributed by atoms with van der Waals surface area (Å²) in [5.74, 6) is -0.207. The molecule has 4 aromatic rings. The molecule has 0 aliphatic heterocycles. The van der Waals surface area contributed by atoms with Crippen LogP contribution in [-0.4, -0.2) is 20.7 Å². The highest BCUT2D eigenvalue weighted by molar-refractivity contribution is 6.04. The Balaban J connectivity index is 1.59. The first-order valence-corrected chi connectivity index (χ1v) is 9.07. The predicted octanol–water partition coefficient (Wildman–Crippen LogP) is 4.69. The van der Waals surface area contributed by atoms with Gasteiger partial charge in [-0.05, 0) is 44.2 Å². The fraction of sp³-hybridized carbons (Fsp3) is 0.0870. The van der Waals surface area contributed by atoms with E-state index in [4.69, 9.17) is 0 Å². The minimum Gasteiger partial charge on any atom is -0.321 e. The normalized spacial score (nSPS) is 11.2. The van der Waals surface area contributed by atoms with Crippen LogP contribution in [0.1, 0.15) is 17.0 Å². The Labute approximate surface area is 163 Å². The summed E-state index contributed by atoms with van der Waals surface area (Å²) in [4.78, 5) is 17.0. The smallest absolute Gasteiger partial charge is 0.248 e. The summed E-state index contributed by atoms with van der Waals surface area (Å²) in [5.41, 5.74) is 5.26. The molecular weight excluding hydrogens is 348 g/mol. The van der Waals surface area contributed by atoms with Gasteiger partial charge in [-0.15, -0.1) is 0 Å². The number of nitrogens with one attached hydrogen (secondary N) is 1. The third-order valence-corrected chi connectivity index (χ3v) is 4.48. The highest BCUT2D eigenvalue weighted by Crippen LogP contribution is 2.22. The summed E-state index contributed by atoms with van der Waals surface area (Å²) >= 11 is 0. The molecule has 0 spiro atoms. The van der Waals surface area contributed by atoms with Crippen molar-refractivity contribution in [1.82, 2.24) is 14.8 Å². The largest absolute Gasteiger partial charge is 0.321 e. The molecule has 0 atom stereocenters. The first-order chi connectivity index (χ1) is 13.6. The second-order valence-corrected chi connectivity index (χ2v) is 6.60. The number of carbonyl (C=O) groups is 1. The zero-order valence-electron chi connectivity index (χ0n) is 15.8. The first-order valence-electron chi connectivity index (χ1n) is 9.07. The molecule has 2 aromatic carbocycles. The molecule has 5 heteroatoms. The van der Waals surface area contributed by atoms with Gasteiger partial charge >= 0.3 is 0 Å². The van der Waals surface area contributed by atoms with E-state index in [1.165, 1.54) is 6.08 Å². The number of aromatic nitrogens is 3. The number of rotatable bonds is 4. The van der Waals surface area contributed by atoms with Crippen molar-refractivity contribution in [3.63, 3.8) is 0 Å². The molecule has 0 saturated carbocycles. The maximum atomic E-state index is 12.5. The van der Waals surface area contributed by atoms with Crippen LogP contribution in [0.3, 0.4) is 0 Å². The van der Waals surface area contributed by atoms with Crippen LogP contribution in [-0.2, 0) is 4.79 Å². The van der Waals surface area contributed by atoms with Crippen LogP contribution < -0.4 is 5.32 Å². The monoisotopic (exact) mass is 368 g/mol. The Morgan fingerprint density at radius 1 is 1.04 bits per heavy atom. The summed E-state index contributed by atoms with van der Waals surface area (Å²) < 4.78 is 1.84. The molecule has 138 valence electrons. The van der Waals surface area contributed by atoms with Crippen molar-refractivity contribution in [2.75, 3.05) is 5.32 Å². The van der Waals surface area contributed by atoms with E-state index in [2.05, 4.69) is 15.4 Å². The Hall–Kier alpha value is -3.73. The SMILES string of the molecule is Cc1cc(C)n(-c2ccccc2NC(=O)/C=C/c2cccc3cccnc23)n1. The lowest BCUT2D eigenvalue weighted by Crippen LogP contribution is -2.11. The number of anilines is 1. The summed E-state index contributed by atoms with van der Waals surface area (Å²) in [7, 11) is 0. The lowest BCUT2D eigenvalue weighted by Gasteiger charge is -2.11. The number of aryl methyl sites for hydroxylation is 2. The van der Waals surface area contributed by atoms with Gasteiger partial charge in [-0.25, -0.2) is 4.68 Å². The third-order valence-electron chi connectivity index (χ3n) is 4.48. The summed E-state index contributed by atoms with van der Waals surface area (Å²) in [6.07, 6.45) is 5.07. The molecule has 1 N–H and O–H groups in total. The van der Waals surface area contributed by atoms with Crippen molar-refractivity contribution >= 4 is 28.6 Å². The van der Waals surface area contributed by atoms with Crippen molar-refractivity contribution in [3.05, 3.63) is 89.9 Å². The van der Waals surface area contributed by atoms with E-state index in [1.54, 1.807) is 12.3 Å². The average molecular weight is 368 g/mol. The Bertz CT molecular complexity index is 1180. The number of pyridine rings is 1. The zero-order chi connectivity index (χ0) is 19.5. The maximum absolute atomic E-state index is 12.5. The third kappa shape index (κ3) is 3.55. The molecule has 0 aliphatic rings. The molecule has 0 bridgehead atoms. The molecule has 0 saturated heterocycles. The number of amides is 1. The molecule has 1 amide bonds. The topological polar surface area (TPSA) is 59.8 Å². The predicted molar refractivity (Wildman–Crippen MR) is 112 cm³/mol. The van der Waals surface area contributed by atoms with Gasteiger partial charge < -0.3 is 5.32 Å². The molecule has 28 heavy (non-hydrogen) atoms. The van der Waals surface area contributed by atoms with Crippen LogP contribution in [0.25, 0.3) is 22.7 Å². The number of hydrogen-bond donors (Lipinski definition) is 1. The van der Waals surface area contributed by atoms with Gasteiger partial charge in [0, 0.05) is 28.9 Å². The van der Waals surface area contributed by atoms with E-state index in [0.717, 1.165) is 33.5 Å². The van der Waals surface area contributed by atoms with E-state index in [1.807, 2.05) is 79.2 Å². The van der Waals surface area contributed by atoms with Gasteiger partial charge in [0.1, 0.15) is 0 Å². The lowest BCUT2D eigenvalue weighted by atomic mass is 10.1. The van der Waals surface area contributed by atoms with E-state index < -0.39 is 0 Å². The number of benzene rings is 2. The fourth-order valence-electron chi connectivity index (χ4n) is 3.24. The number of nitrogens with zero attached hydrogens (tertiary/aromatic N) is 3. The van der Waals surface area contributed by atoms with Gasteiger partial charge in [0.2, 0.25) is 5.91 Å². The Morgan fingerprint density at radius 2 is 1.86 bits per heavy atom. The van der Waals surface area contributed by atoms with Crippen molar-refractivity contribution in [2.45, 2.75) is 13.8 Å². The average Bonchev–Trinajstić information content (AvgIpc) is 3.04. The van der Waals surface area contributed by atoms with Gasteiger partial charge in [-0.1, -0.05) is 36.4 Å². The van der Waals surface area contributed by atoms with Crippen LogP contribution in [0.15, 0.2) is 72.9 Å². The molecule has 2 heterocycles. The van der Waals surface area contributed by atoms with Crippen molar-refractivity contribution in [1.29, 1.82) is 0 Å². The molecule has 0 aliphatic carbocycles. The van der Waals surface area contributed by atoms with Crippen LogP contribution in [0.4, 0.5) is 5.69 Å². The molecule has 0 unspecified atom stereocenters. The van der Waals surface area contributed by atoms with Gasteiger partial charge in [-0.2, -0.15) is 5.10 Å². The minimum absolute atomic E-state index is 0.207. The zero-order valence-corrected chi connectivity index (χ0v) is 15.8. The van der Waals surface area contributed by atoms with Gasteiger partial charge in [0.05, 0.1) is 22.6 Å². The van der Waals surface area contributed by atoms with Crippen molar-refractivity contribution in [3.8, 4) is 5.69 Å². The summed E-state index contributed by atoms with van der Waals surface area (Å²) in [6.45, 7) is 3.94. The van der Waals surface area contributed by atoms with Gasteiger partial charge in [-0.3, -0.25) is 9.78 Å². The molecule has 2 aromatic heterocycles. The molecular formula is C23H20N4O. The van der Waals surface area contributed by atoms with E-state index in [9.17, 15) is 4.79 Å².